The average Bonchev–Trinajstić information content (AvgIpc) is 2.40. The molecule has 0 aliphatic heterocycles. The molecule has 0 bridgehead atoms. The van der Waals surface area contributed by atoms with Gasteiger partial charge in [-0.25, -0.2) is 0 Å². The molecule has 0 fully saturated rings. The van der Waals surface area contributed by atoms with Crippen LogP contribution in [0.3, 0.4) is 0 Å². The molecule has 0 saturated heterocycles. The van der Waals surface area contributed by atoms with E-state index in [1.165, 1.54) is 10.9 Å². The first-order valence-electron chi connectivity index (χ1n) is 5.65. The second-order valence-corrected chi connectivity index (χ2v) is 5.00. The molecular formula is C14H15BOP. The molecule has 1 unspecified atom stereocenters. The lowest BCUT2D eigenvalue weighted by Gasteiger charge is -2.07. The number of ether oxygens (including phenoxy) is 1. The van der Waals surface area contributed by atoms with Crippen molar-refractivity contribution in [3.8, 4) is 5.75 Å². The monoisotopic (exact) mass is 241 g/mol. The molecule has 1 nitrogen and oxygen atoms in total. The van der Waals surface area contributed by atoms with Crippen molar-refractivity contribution in [2.75, 3.05) is 7.11 Å². The van der Waals surface area contributed by atoms with E-state index in [9.17, 15) is 0 Å². The van der Waals surface area contributed by atoms with Gasteiger partial charge in [0.05, 0.1) is 7.11 Å². The summed E-state index contributed by atoms with van der Waals surface area (Å²) < 4.78 is 5.33. The van der Waals surface area contributed by atoms with E-state index in [0.717, 1.165) is 20.5 Å². The highest BCUT2D eigenvalue weighted by Crippen LogP contribution is 2.19. The topological polar surface area (TPSA) is 9.23 Å². The third-order valence-corrected chi connectivity index (χ3v) is 3.63. The van der Waals surface area contributed by atoms with Crippen LogP contribution in [0.2, 0.25) is 0 Å². The van der Waals surface area contributed by atoms with Crippen LogP contribution in [0.5, 0.6) is 5.75 Å². The van der Waals surface area contributed by atoms with Crippen LogP contribution in [0.15, 0.2) is 54.6 Å². The normalized spacial score (nSPS) is 10.6. The molecule has 2 rings (SSSR count). The molecule has 0 N–H and O–H groups in total. The highest BCUT2D eigenvalue weighted by atomic mass is 31.1. The Kier molecular flexibility index (Phi) is 4.64. The second-order valence-electron chi connectivity index (χ2n) is 3.73. The highest BCUT2D eigenvalue weighted by Gasteiger charge is 2.02. The largest absolute Gasteiger partial charge is 0.497 e. The first kappa shape index (κ1) is 12.2. The quantitative estimate of drug-likeness (QED) is 0.577. The lowest BCUT2D eigenvalue weighted by Crippen LogP contribution is -2.00. The van der Waals surface area contributed by atoms with Crippen LogP contribution in [-0.2, 0) is 6.32 Å². The first-order valence-corrected chi connectivity index (χ1v) is 6.73. The summed E-state index contributed by atoms with van der Waals surface area (Å²) in [4.78, 5) is 0. The Morgan fingerprint density at radius 2 is 1.71 bits per heavy atom. The zero-order valence-corrected chi connectivity index (χ0v) is 10.9. The molecule has 3 heteroatoms. The van der Waals surface area contributed by atoms with Gasteiger partial charge in [0, 0.05) is 0 Å². The standard InChI is InChI=1S/C14H15BOP/c1-16-14-10-6-5-7-12(14)11-15-17-13-8-3-2-4-9-13/h2-10,17H,11H2,1H3. The lowest BCUT2D eigenvalue weighted by molar-refractivity contribution is 0.411. The Bertz CT molecular complexity index is 459. The van der Waals surface area contributed by atoms with Crippen molar-refractivity contribution < 1.29 is 4.74 Å². The van der Waals surface area contributed by atoms with Gasteiger partial charge in [-0.3, -0.25) is 0 Å². The molecule has 0 aromatic heterocycles. The second kappa shape index (κ2) is 6.47. The molecule has 1 atom stereocenters. The molecular weight excluding hydrogens is 226 g/mol. The molecule has 0 saturated carbocycles. The van der Waals surface area contributed by atoms with Gasteiger partial charge < -0.3 is 4.74 Å². The van der Waals surface area contributed by atoms with Gasteiger partial charge in [0.2, 0.25) is 0 Å². The molecule has 1 radical (unpaired) electrons. The van der Waals surface area contributed by atoms with E-state index in [1.807, 2.05) is 18.2 Å². The Balaban J connectivity index is 1.90. The molecule has 85 valence electrons. The van der Waals surface area contributed by atoms with Gasteiger partial charge in [-0.2, -0.15) is 0 Å². The molecule has 17 heavy (non-hydrogen) atoms. The summed E-state index contributed by atoms with van der Waals surface area (Å²) in [5, 5.41) is 1.38. The van der Waals surface area contributed by atoms with Gasteiger partial charge >= 0.3 is 0 Å². The van der Waals surface area contributed by atoms with E-state index in [-0.39, 0.29) is 0 Å². The third-order valence-electron chi connectivity index (χ3n) is 2.56. The van der Waals surface area contributed by atoms with Gasteiger partial charge in [-0.1, -0.05) is 48.5 Å². The van der Waals surface area contributed by atoms with Crippen LogP contribution < -0.4 is 10.0 Å². The number of rotatable bonds is 5. The van der Waals surface area contributed by atoms with Gasteiger partial charge in [0.25, 0.3) is 0 Å². The number of methoxy groups -OCH3 is 1. The smallest absolute Gasteiger partial charge is 0.153 e. The third kappa shape index (κ3) is 3.61. The van der Waals surface area contributed by atoms with E-state index in [4.69, 9.17) is 4.74 Å². The number of para-hydroxylation sites is 1. The van der Waals surface area contributed by atoms with Crippen molar-refractivity contribution in [3.05, 3.63) is 60.2 Å². The molecule has 0 amide bonds. The van der Waals surface area contributed by atoms with E-state index < -0.39 is 0 Å². The Labute approximate surface area is 105 Å². The highest BCUT2D eigenvalue weighted by molar-refractivity contribution is 7.77. The lowest BCUT2D eigenvalue weighted by atomic mass is 9.94. The molecule has 0 aliphatic rings. The van der Waals surface area contributed by atoms with Crippen LogP contribution in [0.1, 0.15) is 5.56 Å². The predicted molar refractivity (Wildman–Crippen MR) is 76.8 cm³/mol. The number of benzene rings is 2. The van der Waals surface area contributed by atoms with Crippen LogP contribution in [0, 0.1) is 0 Å². The summed E-state index contributed by atoms with van der Waals surface area (Å²) in [5.74, 6) is 0.974. The fourth-order valence-corrected chi connectivity index (χ4v) is 2.63. The van der Waals surface area contributed by atoms with Crippen molar-refractivity contribution in [3.63, 3.8) is 0 Å². The Morgan fingerprint density at radius 3 is 2.47 bits per heavy atom. The van der Waals surface area contributed by atoms with Crippen molar-refractivity contribution in [2.45, 2.75) is 6.32 Å². The maximum atomic E-state index is 5.33. The average molecular weight is 241 g/mol. The SMILES string of the molecule is COc1ccccc1C[B]Pc1ccccc1. The van der Waals surface area contributed by atoms with Gasteiger partial charge in [-0.15, -0.1) is 8.46 Å². The van der Waals surface area contributed by atoms with E-state index in [1.54, 1.807) is 7.11 Å². The molecule has 0 heterocycles. The first-order chi connectivity index (χ1) is 8.40. The summed E-state index contributed by atoms with van der Waals surface area (Å²) >= 11 is 0. The van der Waals surface area contributed by atoms with Crippen LogP contribution in [0.25, 0.3) is 0 Å². The van der Waals surface area contributed by atoms with Gasteiger partial charge in [0.1, 0.15) is 5.75 Å². The van der Waals surface area contributed by atoms with Crippen molar-refractivity contribution >= 4 is 20.8 Å². The predicted octanol–water partition coefficient (Wildman–Crippen LogP) is 2.82. The van der Waals surface area contributed by atoms with Gasteiger partial charge in [-0.05, 0) is 23.3 Å². The van der Waals surface area contributed by atoms with E-state index in [2.05, 4.69) is 43.4 Å². The Morgan fingerprint density at radius 1 is 1.00 bits per heavy atom. The van der Waals surface area contributed by atoms with Gasteiger partial charge in [0.15, 0.2) is 7.00 Å². The summed E-state index contributed by atoms with van der Waals surface area (Å²) in [6, 6.07) is 18.7. The molecule has 0 spiro atoms. The summed E-state index contributed by atoms with van der Waals surface area (Å²) in [7, 11) is 2.47. The number of hydrogen-bond acceptors (Lipinski definition) is 1. The fraction of sp³-hybridized carbons (Fsp3) is 0.143. The zero-order valence-electron chi connectivity index (χ0n) is 9.89. The molecule has 2 aromatic carbocycles. The van der Waals surface area contributed by atoms with Crippen molar-refractivity contribution in [1.82, 2.24) is 0 Å². The Hall–Kier alpha value is -1.27. The van der Waals surface area contributed by atoms with E-state index >= 15 is 0 Å². The van der Waals surface area contributed by atoms with E-state index in [0.29, 0.717) is 0 Å². The molecule has 0 aliphatic carbocycles. The molecule has 2 aromatic rings. The number of hydrogen-bond donors (Lipinski definition) is 0. The maximum Gasteiger partial charge on any atom is 0.153 e. The van der Waals surface area contributed by atoms with Crippen molar-refractivity contribution in [1.29, 1.82) is 0 Å². The summed E-state index contributed by atoms with van der Waals surface area (Å²) in [6.07, 6.45) is 0.956. The summed E-state index contributed by atoms with van der Waals surface area (Å²) in [6.45, 7) is 2.31. The maximum absolute atomic E-state index is 5.33. The van der Waals surface area contributed by atoms with Crippen molar-refractivity contribution in [2.24, 2.45) is 0 Å². The minimum absolute atomic E-state index is 0.747. The van der Waals surface area contributed by atoms with Crippen LogP contribution in [0.4, 0.5) is 0 Å². The zero-order chi connectivity index (χ0) is 11.9. The minimum Gasteiger partial charge on any atom is -0.497 e. The fourth-order valence-electron chi connectivity index (χ4n) is 1.68. The summed E-state index contributed by atoms with van der Waals surface area (Å²) in [5.41, 5.74) is 1.25. The van der Waals surface area contributed by atoms with Crippen LogP contribution >= 0.6 is 8.46 Å². The minimum atomic E-state index is 0.747. The van der Waals surface area contributed by atoms with Crippen LogP contribution in [-0.4, -0.2) is 14.1 Å².